The number of benzene rings is 2. The molecule has 1 aliphatic heterocycles. The number of ether oxygens (including phenoxy) is 1. The molecule has 4 rings (SSSR count). The summed E-state index contributed by atoms with van der Waals surface area (Å²) in [5.41, 5.74) is 0.496. The van der Waals surface area contributed by atoms with Crippen molar-refractivity contribution in [1.29, 1.82) is 0 Å². The average Bonchev–Trinajstić information content (AvgIpc) is 3.14. The van der Waals surface area contributed by atoms with Crippen molar-refractivity contribution in [2.45, 2.75) is 37.5 Å². The van der Waals surface area contributed by atoms with Crippen molar-refractivity contribution in [2.75, 3.05) is 31.0 Å². The topological polar surface area (TPSA) is 99.8 Å². The van der Waals surface area contributed by atoms with E-state index in [4.69, 9.17) is 4.74 Å². The van der Waals surface area contributed by atoms with Crippen LogP contribution in [0.1, 0.15) is 43.0 Å². The summed E-state index contributed by atoms with van der Waals surface area (Å²) in [5, 5.41) is 0.168. The summed E-state index contributed by atoms with van der Waals surface area (Å²) in [5.74, 6) is 0.334. The van der Waals surface area contributed by atoms with Crippen LogP contribution < -0.4 is 14.5 Å². The highest BCUT2D eigenvalue weighted by Gasteiger charge is 2.24. The first-order chi connectivity index (χ1) is 16.3. The van der Waals surface area contributed by atoms with E-state index in [-0.39, 0.29) is 21.8 Å². The van der Waals surface area contributed by atoms with Gasteiger partial charge in [0.05, 0.1) is 17.2 Å². The summed E-state index contributed by atoms with van der Waals surface area (Å²) in [6.45, 7) is 3.63. The number of pyridine rings is 1. The van der Waals surface area contributed by atoms with E-state index in [0.29, 0.717) is 36.6 Å². The quantitative estimate of drug-likeness (QED) is 0.575. The molecule has 0 atom stereocenters. The van der Waals surface area contributed by atoms with E-state index in [9.17, 15) is 18.0 Å². The van der Waals surface area contributed by atoms with E-state index in [0.717, 1.165) is 30.0 Å². The molecule has 34 heavy (non-hydrogen) atoms. The first kappa shape index (κ1) is 23.8. The first-order valence-electron chi connectivity index (χ1n) is 11.5. The van der Waals surface area contributed by atoms with Crippen LogP contribution in [0.4, 0.5) is 5.69 Å². The fraction of sp³-hybridized carbons (Fsp3) is 0.360. The molecule has 0 spiro atoms. The van der Waals surface area contributed by atoms with Crippen molar-refractivity contribution in [3.63, 3.8) is 0 Å². The summed E-state index contributed by atoms with van der Waals surface area (Å²) >= 11 is 0. The molecule has 0 saturated carbocycles. The molecule has 0 radical (unpaired) electrons. The van der Waals surface area contributed by atoms with Crippen LogP contribution >= 0.6 is 0 Å². The molecule has 9 heteroatoms. The summed E-state index contributed by atoms with van der Waals surface area (Å²) in [6.07, 6.45) is 5.40. The van der Waals surface area contributed by atoms with Gasteiger partial charge in [-0.2, -0.15) is 0 Å². The largest absolute Gasteiger partial charge is 0.494 e. The lowest BCUT2D eigenvalue weighted by Crippen LogP contribution is -2.35. The molecule has 1 amide bonds. The van der Waals surface area contributed by atoms with Gasteiger partial charge in [-0.15, -0.1) is 0 Å². The lowest BCUT2D eigenvalue weighted by Gasteiger charge is -2.21. The van der Waals surface area contributed by atoms with Crippen LogP contribution in [0.2, 0.25) is 0 Å². The second kappa shape index (κ2) is 9.89. The van der Waals surface area contributed by atoms with Crippen LogP contribution in [0.15, 0.2) is 58.4 Å². The lowest BCUT2D eigenvalue weighted by atomic mass is 10.1. The minimum Gasteiger partial charge on any atom is -0.494 e. The smallest absolute Gasteiger partial charge is 0.264 e. The van der Waals surface area contributed by atoms with Crippen molar-refractivity contribution < 1.29 is 17.9 Å². The minimum atomic E-state index is -3.94. The van der Waals surface area contributed by atoms with E-state index in [1.54, 1.807) is 35.2 Å². The minimum absolute atomic E-state index is 0.0266. The number of H-pyrrole nitrogens is 1. The number of carbonyl (C=O) groups is 1. The molecule has 0 bridgehead atoms. The number of amides is 1. The predicted octanol–water partition coefficient (Wildman–Crippen LogP) is 3.77. The van der Waals surface area contributed by atoms with Gasteiger partial charge in [0, 0.05) is 37.2 Å². The van der Waals surface area contributed by atoms with Crippen molar-refractivity contribution in [2.24, 2.45) is 0 Å². The number of hydrogen-bond acceptors (Lipinski definition) is 5. The van der Waals surface area contributed by atoms with Gasteiger partial charge < -0.3 is 14.6 Å². The van der Waals surface area contributed by atoms with Crippen molar-refractivity contribution >= 4 is 32.5 Å². The zero-order valence-corrected chi connectivity index (χ0v) is 20.2. The van der Waals surface area contributed by atoms with Gasteiger partial charge in [-0.05, 0) is 62.2 Å². The second-order valence-corrected chi connectivity index (χ2v) is 10.3. The number of carbonyl (C=O) groups excluding carboxylic acids is 1. The zero-order valence-electron chi connectivity index (χ0n) is 19.4. The molecule has 2 aromatic carbocycles. The standard InChI is InChI=1S/C25H29N3O5S/c1-3-33-19-10-8-18(9-11-19)27(2)34(31,32)20-12-13-23-21(16-20)24(29)22(17-26-23)25(30)28-14-6-4-5-7-15-28/h8-13,16-17H,3-7,14-15H2,1-2H3,(H,26,29). The molecule has 8 nitrogen and oxygen atoms in total. The Morgan fingerprint density at radius 2 is 1.74 bits per heavy atom. The second-order valence-electron chi connectivity index (χ2n) is 8.34. The molecular weight excluding hydrogens is 454 g/mol. The van der Waals surface area contributed by atoms with Gasteiger partial charge in [0.1, 0.15) is 11.3 Å². The molecule has 3 aromatic rings. The van der Waals surface area contributed by atoms with E-state index in [1.165, 1.54) is 25.4 Å². The van der Waals surface area contributed by atoms with Crippen molar-refractivity contribution in [3.05, 3.63) is 64.4 Å². The van der Waals surface area contributed by atoms with Crippen molar-refractivity contribution in [3.8, 4) is 5.75 Å². The van der Waals surface area contributed by atoms with Gasteiger partial charge in [0.25, 0.3) is 15.9 Å². The fourth-order valence-corrected chi connectivity index (χ4v) is 5.40. The van der Waals surface area contributed by atoms with Crippen molar-refractivity contribution in [1.82, 2.24) is 9.88 Å². The Labute approximate surface area is 199 Å². The van der Waals surface area contributed by atoms with Crippen LogP contribution in [0.5, 0.6) is 5.75 Å². The Hall–Kier alpha value is -3.33. The number of anilines is 1. The van der Waals surface area contributed by atoms with E-state index < -0.39 is 15.5 Å². The Kier molecular flexibility index (Phi) is 6.92. The van der Waals surface area contributed by atoms with Crippen LogP contribution in [-0.2, 0) is 10.0 Å². The molecular formula is C25H29N3O5S. The summed E-state index contributed by atoms with van der Waals surface area (Å²) in [4.78, 5) is 30.9. The normalized spacial score (nSPS) is 14.6. The number of hydrogen-bond donors (Lipinski definition) is 1. The molecule has 1 fully saturated rings. The number of likely N-dealkylation sites (tertiary alicyclic amines) is 1. The summed E-state index contributed by atoms with van der Waals surface area (Å²) < 4.78 is 33.2. The summed E-state index contributed by atoms with van der Waals surface area (Å²) in [6, 6.07) is 11.1. The highest BCUT2D eigenvalue weighted by atomic mass is 32.2. The molecule has 0 unspecified atom stereocenters. The van der Waals surface area contributed by atoms with Crippen LogP contribution in [-0.4, -0.2) is 51.0 Å². The number of sulfonamides is 1. The molecule has 1 aliphatic rings. The zero-order chi connectivity index (χ0) is 24.3. The van der Waals surface area contributed by atoms with Gasteiger partial charge >= 0.3 is 0 Å². The monoisotopic (exact) mass is 483 g/mol. The molecule has 1 N–H and O–H groups in total. The van der Waals surface area contributed by atoms with Gasteiger partial charge in [0.2, 0.25) is 5.43 Å². The fourth-order valence-electron chi connectivity index (χ4n) is 4.18. The van der Waals surface area contributed by atoms with Gasteiger partial charge in [-0.25, -0.2) is 8.42 Å². The highest BCUT2D eigenvalue weighted by Crippen LogP contribution is 2.26. The number of aromatic amines is 1. The molecule has 1 saturated heterocycles. The number of nitrogens with one attached hydrogen (secondary N) is 1. The first-order valence-corrected chi connectivity index (χ1v) is 12.9. The molecule has 1 aromatic heterocycles. The SMILES string of the molecule is CCOc1ccc(N(C)S(=O)(=O)c2ccc3[nH]cc(C(=O)N4CCCCCC4)c(=O)c3c2)cc1. The maximum Gasteiger partial charge on any atom is 0.264 e. The third-order valence-corrected chi connectivity index (χ3v) is 7.93. The number of rotatable bonds is 6. The maximum atomic E-state index is 13.3. The van der Waals surface area contributed by atoms with E-state index >= 15 is 0 Å². The third kappa shape index (κ3) is 4.65. The summed E-state index contributed by atoms with van der Waals surface area (Å²) in [7, 11) is -2.48. The Balaban J connectivity index is 1.68. The predicted molar refractivity (Wildman–Crippen MR) is 132 cm³/mol. The highest BCUT2D eigenvalue weighted by molar-refractivity contribution is 7.92. The molecule has 2 heterocycles. The third-order valence-electron chi connectivity index (χ3n) is 6.15. The van der Waals surface area contributed by atoms with Gasteiger partial charge in [-0.3, -0.25) is 13.9 Å². The maximum absolute atomic E-state index is 13.3. The lowest BCUT2D eigenvalue weighted by molar-refractivity contribution is 0.0760. The Morgan fingerprint density at radius 1 is 1.06 bits per heavy atom. The number of fused-ring (bicyclic) bond motifs is 1. The van der Waals surface area contributed by atoms with Crippen LogP contribution in [0, 0.1) is 0 Å². The van der Waals surface area contributed by atoms with E-state index in [1.807, 2.05) is 6.92 Å². The molecule has 0 aliphatic carbocycles. The number of aromatic nitrogens is 1. The van der Waals surface area contributed by atoms with Crippen LogP contribution in [0.3, 0.4) is 0 Å². The number of nitrogens with zero attached hydrogens (tertiary/aromatic N) is 2. The Morgan fingerprint density at radius 3 is 2.38 bits per heavy atom. The van der Waals surface area contributed by atoms with Gasteiger partial charge in [0.15, 0.2) is 0 Å². The van der Waals surface area contributed by atoms with Gasteiger partial charge in [-0.1, -0.05) is 12.8 Å². The molecule has 180 valence electrons. The van der Waals surface area contributed by atoms with Crippen LogP contribution in [0.25, 0.3) is 10.9 Å². The average molecular weight is 484 g/mol. The Bertz CT molecular complexity index is 1340. The van der Waals surface area contributed by atoms with E-state index in [2.05, 4.69) is 4.98 Å².